The number of amides is 2. The molecule has 0 saturated carbocycles. The topological polar surface area (TPSA) is 72.9 Å². The fraction of sp³-hybridized carbons (Fsp3) is 0.111. The number of nitrogens with zero attached hydrogens (tertiary/aromatic N) is 2. The summed E-state index contributed by atoms with van der Waals surface area (Å²) in [5.74, 6) is 0. The van der Waals surface area contributed by atoms with Gasteiger partial charge in [-0.2, -0.15) is 5.10 Å². The number of carbonyl (C=O) groups excluding carboxylic acids is 1. The number of anilines is 1. The Morgan fingerprint density at radius 2 is 1.70 bits per heavy atom. The first-order chi connectivity index (χ1) is 11.0. The SMILES string of the molecule is Cc1ccc(-c2cc(C)nn2-c2ccc(NC(N)=O)cc2)cc1. The Labute approximate surface area is 134 Å². The highest BCUT2D eigenvalue weighted by Gasteiger charge is 2.10. The summed E-state index contributed by atoms with van der Waals surface area (Å²) in [6, 6.07) is 17.2. The van der Waals surface area contributed by atoms with Crippen LogP contribution in [0.25, 0.3) is 16.9 Å². The molecule has 1 heterocycles. The highest BCUT2D eigenvalue weighted by atomic mass is 16.2. The molecular weight excluding hydrogens is 288 g/mol. The zero-order valence-corrected chi connectivity index (χ0v) is 13.1. The van der Waals surface area contributed by atoms with Gasteiger partial charge in [-0.1, -0.05) is 29.8 Å². The van der Waals surface area contributed by atoms with Crippen molar-refractivity contribution in [3.63, 3.8) is 0 Å². The number of benzene rings is 2. The molecule has 3 N–H and O–H groups in total. The van der Waals surface area contributed by atoms with Crippen LogP contribution in [0.3, 0.4) is 0 Å². The molecule has 1 aromatic heterocycles. The van der Waals surface area contributed by atoms with Crippen LogP contribution >= 0.6 is 0 Å². The van der Waals surface area contributed by atoms with Crippen LogP contribution in [-0.2, 0) is 0 Å². The predicted molar refractivity (Wildman–Crippen MR) is 91.7 cm³/mol. The fourth-order valence-corrected chi connectivity index (χ4v) is 2.45. The van der Waals surface area contributed by atoms with E-state index < -0.39 is 6.03 Å². The first-order valence-electron chi connectivity index (χ1n) is 7.33. The van der Waals surface area contributed by atoms with E-state index in [-0.39, 0.29) is 0 Å². The van der Waals surface area contributed by atoms with Crippen LogP contribution in [0.4, 0.5) is 10.5 Å². The molecule has 2 amide bonds. The summed E-state index contributed by atoms with van der Waals surface area (Å²) < 4.78 is 1.90. The Balaban J connectivity index is 2.00. The average Bonchev–Trinajstić information content (AvgIpc) is 2.90. The normalized spacial score (nSPS) is 10.5. The number of aryl methyl sites for hydroxylation is 2. The van der Waals surface area contributed by atoms with E-state index in [1.54, 1.807) is 12.1 Å². The molecule has 0 unspecified atom stereocenters. The van der Waals surface area contributed by atoms with Crippen LogP contribution in [0.15, 0.2) is 54.6 Å². The van der Waals surface area contributed by atoms with Crippen LogP contribution in [0.1, 0.15) is 11.3 Å². The van der Waals surface area contributed by atoms with Crippen molar-refractivity contribution in [3.8, 4) is 16.9 Å². The van der Waals surface area contributed by atoms with E-state index in [4.69, 9.17) is 5.73 Å². The van der Waals surface area contributed by atoms with Gasteiger partial charge < -0.3 is 11.1 Å². The molecule has 116 valence electrons. The van der Waals surface area contributed by atoms with Crippen molar-refractivity contribution >= 4 is 11.7 Å². The second-order valence-corrected chi connectivity index (χ2v) is 5.48. The molecule has 0 aliphatic carbocycles. The molecule has 0 atom stereocenters. The number of rotatable bonds is 3. The Hall–Kier alpha value is -3.08. The number of hydrogen-bond donors (Lipinski definition) is 2. The number of carbonyl (C=O) groups is 1. The molecule has 5 nitrogen and oxygen atoms in total. The van der Waals surface area contributed by atoms with Crippen LogP contribution in [0.2, 0.25) is 0 Å². The molecule has 0 aliphatic heterocycles. The molecule has 0 bridgehead atoms. The number of aromatic nitrogens is 2. The average molecular weight is 306 g/mol. The van der Waals surface area contributed by atoms with Crippen LogP contribution in [0.5, 0.6) is 0 Å². The minimum absolute atomic E-state index is 0.576. The smallest absolute Gasteiger partial charge is 0.316 e. The summed E-state index contributed by atoms with van der Waals surface area (Å²) in [6.45, 7) is 4.04. The third-order valence-electron chi connectivity index (χ3n) is 3.56. The predicted octanol–water partition coefficient (Wildman–Crippen LogP) is 3.65. The van der Waals surface area contributed by atoms with E-state index in [1.165, 1.54) is 5.56 Å². The van der Waals surface area contributed by atoms with Crippen molar-refractivity contribution in [2.45, 2.75) is 13.8 Å². The summed E-state index contributed by atoms with van der Waals surface area (Å²) in [5.41, 5.74) is 11.0. The number of urea groups is 1. The third kappa shape index (κ3) is 3.23. The molecule has 0 saturated heterocycles. The molecule has 0 aliphatic rings. The maximum absolute atomic E-state index is 10.9. The minimum Gasteiger partial charge on any atom is -0.351 e. The van der Waals surface area contributed by atoms with Gasteiger partial charge in [0, 0.05) is 11.3 Å². The monoisotopic (exact) mass is 306 g/mol. The zero-order chi connectivity index (χ0) is 16.4. The number of nitrogens with one attached hydrogen (secondary N) is 1. The highest BCUT2D eigenvalue weighted by molar-refractivity contribution is 5.87. The van der Waals surface area contributed by atoms with Gasteiger partial charge in [0.05, 0.1) is 17.1 Å². The Kier molecular flexibility index (Phi) is 3.85. The number of nitrogens with two attached hydrogens (primary N) is 1. The van der Waals surface area contributed by atoms with E-state index >= 15 is 0 Å². The van der Waals surface area contributed by atoms with Crippen molar-refractivity contribution in [2.24, 2.45) is 5.73 Å². The van der Waals surface area contributed by atoms with Crippen LogP contribution in [0, 0.1) is 13.8 Å². The summed E-state index contributed by atoms with van der Waals surface area (Å²) in [7, 11) is 0. The van der Waals surface area contributed by atoms with Crippen molar-refractivity contribution in [3.05, 3.63) is 65.9 Å². The summed E-state index contributed by atoms with van der Waals surface area (Å²) >= 11 is 0. The van der Waals surface area contributed by atoms with Gasteiger partial charge in [0.25, 0.3) is 0 Å². The molecule has 23 heavy (non-hydrogen) atoms. The first kappa shape index (κ1) is 14.8. The van der Waals surface area contributed by atoms with Crippen molar-refractivity contribution in [1.82, 2.24) is 9.78 Å². The lowest BCUT2D eigenvalue weighted by Gasteiger charge is -2.09. The molecule has 3 rings (SSSR count). The molecule has 3 aromatic rings. The zero-order valence-electron chi connectivity index (χ0n) is 13.1. The van der Waals surface area contributed by atoms with Gasteiger partial charge in [0.1, 0.15) is 0 Å². The number of primary amides is 1. The standard InChI is InChI=1S/C18H18N4O/c1-12-3-5-14(6-4-12)17-11-13(2)21-22(17)16-9-7-15(8-10-16)20-18(19)23/h3-11H,1-2H3,(H3,19,20,23). The minimum atomic E-state index is -0.576. The van der Waals surface area contributed by atoms with E-state index in [2.05, 4.69) is 47.7 Å². The highest BCUT2D eigenvalue weighted by Crippen LogP contribution is 2.25. The lowest BCUT2D eigenvalue weighted by Crippen LogP contribution is -2.19. The van der Waals surface area contributed by atoms with E-state index in [1.807, 2.05) is 23.7 Å². The summed E-state index contributed by atoms with van der Waals surface area (Å²) in [5, 5.41) is 7.13. The molecule has 0 radical (unpaired) electrons. The fourth-order valence-electron chi connectivity index (χ4n) is 2.45. The quantitative estimate of drug-likeness (QED) is 0.775. The molecule has 5 heteroatoms. The van der Waals surface area contributed by atoms with Crippen LogP contribution < -0.4 is 11.1 Å². The second-order valence-electron chi connectivity index (χ2n) is 5.48. The molecule has 0 fully saturated rings. The number of hydrogen-bond acceptors (Lipinski definition) is 2. The molecular formula is C18H18N4O. The van der Waals surface area contributed by atoms with Gasteiger partial charge in [0.15, 0.2) is 0 Å². The van der Waals surface area contributed by atoms with Gasteiger partial charge in [-0.3, -0.25) is 0 Å². The van der Waals surface area contributed by atoms with Gasteiger partial charge in [0.2, 0.25) is 0 Å². The maximum atomic E-state index is 10.9. The third-order valence-corrected chi connectivity index (χ3v) is 3.56. The summed E-state index contributed by atoms with van der Waals surface area (Å²) in [4.78, 5) is 10.9. The first-order valence-corrected chi connectivity index (χ1v) is 7.33. The summed E-state index contributed by atoms with van der Waals surface area (Å²) in [6.07, 6.45) is 0. The Bertz CT molecular complexity index is 832. The van der Waals surface area contributed by atoms with Crippen LogP contribution in [-0.4, -0.2) is 15.8 Å². The lowest BCUT2D eigenvalue weighted by atomic mass is 10.1. The second kappa shape index (κ2) is 5.96. The van der Waals surface area contributed by atoms with Crippen molar-refractivity contribution < 1.29 is 4.79 Å². The van der Waals surface area contributed by atoms with Crippen molar-refractivity contribution in [2.75, 3.05) is 5.32 Å². The van der Waals surface area contributed by atoms with Gasteiger partial charge in [-0.25, -0.2) is 9.48 Å². The van der Waals surface area contributed by atoms with Gasteiger partial charge in [-0.15, -0.1) is 0 Å². The molecule has 0 spiro atoms. The Morgan fingerprint density at radius 3 is 2.30 bits per heavy atom. The van der Waals surface area contributed by atoms with Gasteiger partial charge >= 0.3 is 6.03 Å². The van der Waals surface area contributed by atoms with E-state index in [9.17, 15) is 4.79 Å². The maximum Gasteiger partial charge on any atom is 0.316 e. The molecule has 2 aromatic carbocycles. The lowest BCUT2D eigenvalue weighted by molar-refractivity contribution is 0.259. The van der Waals surface area contributed by atoms with Crippen molar-refractivity contribution in [1.29, 1.82) is 0 Å². The largest absolute Gasteiger partial charge is 0.351 e. The van der Waals surface area contributed by atoms with E-state index in [0.717, 1.165) is 22.6 Å². The Morgan fingerprint density at radius 1 is 1.04 bits per heavy atom. The van der Waals surface area contributed by atoms with E-state index in [0.29, 0.717) is 5.69 Å². The van der Waals surface area contributed by atoms with Gasteiger partial charge in [-0.05, 0) is 44.2 Å².